The number of thiocarbonyl (C=S) groups is 1. The molecule has 2 N–H and O–H groups in total. The number of halogens is 1. The first-order valence-electron chi connectivity index (χ1n) is 11.8. The van der Waals surface area contributed by atoms with Crippen LogP contribution in [-0.2, 0) is 9.53 Å². The Bertz CT molecular complexity index is 1120. The summed E-state index contributed by atoms with van der Waals surface area (Å²) >= 11 is 5.59. The zero-order chi connectivity index (χ0) is 25.8. The van der Waals surface area contributed by atoms with E-state index in [0.29, 0.717) is 42.7 Å². The van der Waals surface area contributed by atoms with E-state index in [0.717, 1.165) is 11.4 Å². The summed E-state index contributed by atoms with van der Waals surface area (Å²) in [5.74, 6) is -0.601. The summed E-state index contributed by atoms with van der Waals surface area (Å²) in [6, 6.07) is 12.8. The first-order chi connectivity index (χ1) is 17.2. The van der Waals surface area contributed by atoms with Gasteiger partial charge in [0, 0.05) is 58.6 Å². The number of cyclic esters (lactones) is 1. The van der Waals surface area contributed by atoms with Gasteiger partial charge in [0.1, 0.15) is 11.9 Å². The van der Waals surface area contributed by atoms with Crippen molar-refractivity contribution in [2.24, 2.45) is 0 Å². The molecule has 11 heteroatoms. The highest BCUT2D eigenvalue weighted by Gasteiger charge is 2.33. The van der Waals surface area contributed by atoms with Crippen molar-refractivity contribution in [3.63, 3.8) is 0 Å². The average molecular weight is 515 g/mol. The van der Waals surface area contributed by atoms with E-state index in [-0.39, 0.29) is 19.0 Å². The largest absolute Gasteiger partial charge is 0.442 e. The molecule has 4 rings (SSSR count). The zero-order valence-electron chi connectivity index (χ0n) is 20.7. The highest BCUT2D eigenvalue weighted by atomic mass is 32.1. The Labute approximate surface area is 215 Å². The van der Waals surface area contributed by atoms with Crippen LogP contribution in [0.3, 0.4) is 0 Å². The second-order valence-corrected chi connectivity index (χ2v) is 9.42. The molecule has 1 atom stereocenters. The van der Waals surface area contributed by atoms with Crippen LogP contribution >= 0.6 is 12.2 Å². The molecule has 9 nitrogen and oxygen atoms in total. The van der Waals surface area contributed by atoms with Gasteiger partial charge < -0.3 is 30.1 Å². The Morgan fingerprint density at radius 1 is 1.14 bits per heavy atom. The fraction of sp³-hybridized carbons (Fsp3) is 0.400. The van der Waals surface area contributed by atoms with Crippen molar-refractivity contribution in [1.29, 1.82) is 0 Å². The molecule has 0 aromatic heterocycles. The first-order valence-corrected chi connectivity index (χ1v) is 12.2. The second kappa shape index (κ2) is 11.0. The van der Waals surface area contributed by atoms with Crippen LogP contribution in [0.15, 0.2) is 42.5 Å². The predicted octanol–water partition coefficient (Wildman–Crippen LogP) is 2.87. The molecule has 0 bridgehead atoms. The summed E-state index contributed by atoms with van der Waals surface area (Å²) in [5.41, 5.74) is 2.95. The van der Waals surface area contributed by atoms with Gasteiger partial charge in [0.05, 0.1) is 24.5 Å². The van der Waals surface area contributed by atoms with Crippen molar-refractivity contribution in [2.75, 3.05) is 73.4 Å². The van der Waals surface area contributed by atoms with E-state index >= 15 is 4.39 Å². The number of benzene rings is 2. The predicted molar refractivity (Wildman–Crippen MR) is 143 cm³/mol. The number of ether oxygens (including phenoxy) is 1. The lowest BCUT2D eigenvalue weighted by molar-refractivity contribution is -0.119. The molecule has 36 heavy (non-hydrogen) atoms. The molecule has 2 aromatic rings. The summed E-state index contributed by atoms with van der Waals surface area (Å²) in [4.78, 5) is 30.8. The van der Waals surface area contributed by atoms with Crippen LogP contribution in [0.25, 0.3) is 0 Å². The van der Waals surface area contributed by atoms with Crippen LogP contribution in [0.4, 0.5) is 31.9 Å². The van der Waals surface area contributed by atoms with Gasteiger partial charge in [-0.05, 0) is 54.7 Å². The molecule has 2 heterocycles. The molecule has 0 radical (unpaired) electrons. The minimum absolute atomic E-state index is 0.199. The Hall–Kier alpha value is -3.60. The highest BCUT2D eigenvalue weighted by Crippen LogP contribution is 2.28. The number of hydrogen-bond acceptors (Lipinski definition) is 6. The summed E-state index contributed by atoms with van der Waals surface area (Å²) in [6.45, 7) is 4.42. The number of amides is 2. The van der Waals surface area contributed by atoms with Crippen LogP contribution in [0.1, 0.15) is 6.92 Å². The number of carbonyl (C=O) groups is 2. The Kier molecular flexibility index (Phi) is 7.78. The van der Waals surface area contributed by atoms with Crippen LogP contribution < -0.4 is 25.3 Å². The van der Waals surface area contributed by atoms with Gasteiger partial charge in [-0.15, -0.1) is 0 Å². The van der Waals surface area contributed by atoms with Gasteiger partial charge in [0.15, 0.2) is 5.11 Å². The van der Waals surface area contributed by atoms with Crippen LogP contribution in [0, 0.1) is 5.82 Å². The number of nitrogens with zero attached hydrogens (tertiary/aromatic N) is 4. The van der Waals surface area contributed by atoms with Crippen molar-refractivity contribution in [1.82, 2.24) is 10.2 Å². The number of rotatable bonds is 6. The van der Waals surface area contributed by atoms with Crippen molar-refractivity contribution in [3.05, 3.63) is 48.3 Å². The Morgan fingerprint density at radius 3 is 2.44 bits per heavy atom. The molecule has 2 aliphatic rings. The molecule has 0 saturated carbocycles. The molecular formula is C25H31FN6O3S. The number of nitrogens with one attached hydrogen (secondary N) is 2. The lowest BCUT2D eigenvalue weighted by Gasteiger charge is -2.37. The summed E-state index contributed by atoms with van der Waals surface area (Å²) in [7, 11) is 3.99. The fourth-order valence-electron chi connectivity index (χ4n) is 4.21. The Balaban J connectivity index is 1.31. The standard InChI is InChI=1S/C25H31FN6O3S/c1-17(33)27-15-21-16-32(25(34)35-21)20-8-9-23(22(26)14-20)30-10-12-31(13-11-30)24(36)28-18-4-6-19(7-5-18)29(2)3/h4-9,14,21H,10-13,15-16H2,1-3H3,(H,27,33)(H,28,36)/t21-/m0/s1. The van der Waals surface area contributed by atoms with Crippen LogP contribution in [0.2, 0.25) is 0 Å². The van der Waals surface area contributed by atoms with E-state index in [4.69, 9.17) is 17.0 Å². The number of carbonyl (C=O) groups excluding carboxylic acids is 2. The van der Waals surface area contributed by atoms with Gasteiger partial charge >= 0.3 is 6.09 Å². The third kappa shape index (κ3) is 5.96. The topological polar surface area (TPSA) is 80.4 Å². The molecule has 2 aromatic carbocycles. The molecule has 2 amide bonds. The van der Waals surface area contributed by atoms with E-state index in [1.165, 1.54) is 17.9 Å². The normalized spacial score (nSPS) is 17.6. The summed E-state index contributed by atoms with van der Waals surface area (Å²) in [6.07, 6.45) is -1.02. The lowest BCUT2D eigenvalue weighted by Crippen LogP contribution is -2.50. The molecule has 2 aliphatic heterocycles. The van der Waals surface area contributed by atoms with Crippen molar-refractivity contribution < 1.29 is 18.7 Å². The first kappa shape index (κ1) is 25.5. The van der Waals surface area contributed by atoms with E-state index in [2.05, 4.69) is 15.5 Å². The summed E-state index contributed by atoms with van der Waals surface area (Å²) in [5, 5.41) is 6.55. The highest BCUT2D eigenvalue weighted by molar-refractivity contribution is 7.80. The van der Waals surface area contributed by atoms with Gasteiger partial charge in [-0.2, -0.15) is 0 Å². The zero-order valence-corrected chi connectivity index (χ0v) is 21.5. The van der Waals surface area contributed by atoms with E-state index in [9.17, 15) is 9.59 Å². The molecule has 0 unspecified atom stereocenters. The average Bonchev–Trinajstić information content (AvgIpc) is 3.23. The number of hydrogen-bond donors (Lipinski definition) is 2. The molecular weight excluding hydrogens is 483 g/mol. The van der Waals surface area contributed by atoms with Crippen LogP contribution in [-0.4, -0.2) is 81.5 Å². The molecule has 0 aliphatic carbocycles. The van der Waals surface area contributed by atoms with E-state index in [1.54, 1.807) is 12.1 Å². The second-order valence-electron chi connectivity index (χ2n) is 9.03. The van der Waals surface area contributed by atoms with E-state index < -0.39 is 18.0 Å². The van der Waals surface area contributed by atoms with Gasteiger partial charge in [-0.25, -0.2) is 9.18 Å². The SMILES string of the molecule is CC(=O)NC[C@H]1CN(c2ccc(N3CCN(C(=S)Nc4ccc(N(C)C)cc4)CC3)c(F)c2)C(=O)O1. The van der Waals surface area contributed by atoms with Gasteiger partial charge in [-0.3, -0.25) is 9.69 Å². The minimum atomic E-state index is -0.552. The van der Waals surface area contributed by atoms with Crippen molar-refractivity contribution in [3.8, 4) is 0 Å². The van der Waals surface area contributed by atoms with Gasteiger partial charge in [0.2, 0.25) is 5.91 Å². The van der Waals surface area contributed by atoms with Crippen molar-refractivity contribution >= 4 is 52.1 Å². The fourth-order valence-corrected chi connectivity index (χ4v) is 4.51. The van der Waals surface area contributed by atoms with Gasteiger partial charge in [-0.1, -0.05) is 0 Å². The molecule has 2 fully saturated rings. The lowest BCUT2D eigenvalue weighted by atomic mass is 10.2. The maximum atomic E-state index is 15.1. The minimum Gasteiger partial charge on any atom is -0.442 e. The Morgan fingerprint density at radius 2 is 1.83 bits per heavy atom. The van der Waals surface area contributed by atoms with E-state index in [1.807, 2.05) is 48.2 Å². The number of piperazine rings is 1. The third-order valence-corrected chi connectivity index (χ3v) is 6.60. The van der Waals surface area contributed by atoms with Crippen molar-refractivity contribution in [2.45, 2.75) is 13.0 Å². The quantitative estimate of drug-likeness (QED) is 0.570. The van der Waals surface area contributed by atoms with Crippen LogP contribution in [0.5, 0.6) is 0 Å². The maximum Gasteiger partial charge on any atom is 0.414 e. The van der Waals surface area contributed by atoms with Gasteiger partial charge in [0.25, 0.3) is 0 Å². The maximum absolute atomic E-state index is 15.1. The monoisotopic (exact) mass is 514 g/mol. The molecule has 192 valence electrons. The smallest absolute Gasteiger partial charge is 0.414 e. The number of anilines is 4. The molecule has 2 saturated heterocycles. The molecule has 0 spiro atoms. The third-order valence-electron chi connectivity index (χ3n) is 6.24. The summed E-state index contributed by atoms with van der Waals surface area (Å²) < 4.78 is 20.3.